The Hall–Kier alpha value is -1.46. The average Bonchev–Trinajstić information content (AvgIpc) is 2.53. The van der Waals surface area contributed by atoms with Gasteiger partial charge in [0.05, 0.1) is 20.6 Å². The van der Waals surface area contributed by atoms with Crippen LogP contribution in [0.25, 0.3) is 0 Å². The van der Waals surface area contributed by atoms with Crippen molar-refractivity contribution in [2.45, 2.75) is 39.2 Å². The largest absolute Gasteiger partial charge is 0.493 e. The molecule has 1 amide bonds. The third-order valence-corrected chi connectivity index (χ3v) is 4.65. The van der Waals surface area contributed by atoms with Crippen LogP contribution in [-0.2, 0) is 11.2 Å². The first-order chi connectivity index (χ1) is 11.0. The van der Waals surface area contributed by atoms with Crippen molar-refractivity contribution in [2.24, 2.45) is 5.41 Å². The van der Waals surface area contributed by atoms with E-state index in [-0.39, 0.29) is 23.7 Å². The second kappa shape index (κ2) is 9.14. The molecule has 2 rings (SSSR count). The number of nitrogens with one attached hydrogen (secondary N) is 2. The Bertz CT molecular complexity index is 549. The average molecular weight is 357 g/mol. The highest BCUT2D eigenvalue weighted by Gasteiger charge is 2.31. The molecule has 1 fully saturated rings. The molecular weight excluding hydrogens is 328 g/mol. The number of amides is 1. The van der Waals surface area contributed by atoms with Gasteiger partial charge < -0.3 is 20.1 Å². The normalized spacial score (nSPS) is 19.1. The maximum atomic E-state index is 12.2. The van der Waals surface area contributed by atoms with Crippen LogP contribution in [0, 0.1) is 5.41 Å². The SMILES string of the molecule is COc1ccc(CC(=O)NCC2NCCCC2(C)C)cc1OC.Cl. The van der Waals surface area contributed by atoms with E-state index in [0.717, 1.165) is 12.1 Å². The number of carbonyl (C=O) groups is 1. The van der Waals surface area contributed by atoms with Gasteiger partial charge in [-0.25, -0.2) is 0 Å². The Morgan fingerprint density at radius 1 is 1.29 bits per heavy atom. The molecule has 0 saturated carbocycles. The van der Waals surface area contributed by atoms with Gasteiger partial charge >= 0.3 is 0 Å². The maximum absolute atomic E-state index is 12.2. The number of hydrogen-bond donors (Lipinski definition) is 2. The van der Waals surface area contributed by atoms with Crippen molar-refractivity contribution >= 4 is 18.3 Å². The van der Waals surface area contributed by atoms with E-state index in [1.807, 2.05) is 18.2 Å². The monoisotopic (exact) mass is 356 g/mol. The van der Waals surface area contributed by atoms with Crippen LogP contribution in [0.3, 0.4) is 0 Å². The molecule has 6 heteroatoms. The van der Waals surface area contributed by atoms with E-state index < -0.39 is 0 Å². The molecule has 1 aromatic rings. The number of ether oxygens (including phenoxy) is 2. The van der Waals surface area contributed by atoms with E-state index >= 15 is 0 Å². The highest BCUT2D eigenvalue weighted by atomic mass is 35.5. The number of halogens is 1. The Morgan fingerprint density at radius 3 is 2.62 bits per heavy atom. The molecule has 24 heavy (non-hydrogen) atoms. The molecule has 0 aromatic heterocycles. The van der Waals surface area contributed by atoms with E-state index in [0.29, 0.717) is 30.5 Å². The first-order valence-corrected chi connectivity index (χ1v) is 8.17. The number of benzene rings is 1. The predicted octanol–water partition coefficient (Wildman–Crippen LogP) is 2.56. The first kappa shape index (κ1) is 20.6. The van der Waals surface area contributed by atoms with Gasteiger partial charge in [-0.3, -0.25) is 4.79 Å². The summed E-state index contributed by atoms with van der Waals surface area (Å²) in [5.41, 5.74) is 1.13. The van der Waals surface area contributed by atoms with Crippen LogP contribution in [0.4, 0.5) is 0 Å². The van der Waals surface area contributed by atoms with Crippen molar-refractivity contribution in [3.8, 4) is 11.5 Å². The van der Waals surface area contributed by atoms with Gasteiger partial charge in [0.25, 0.3) is 0 Å². The topological polar surface area (TPSA) is 59.6 Å². The summed E-state index contributed by atoms with van der Waals surface area (Å²) in [6.07, 6.45) is 2.73. The number of hydrogen-bond acceptors (Lipinski definition) is 4. The van der Waals surface area contributed by atoms with E-state index in [9.17, 15) is 4.79 Å². The Balaban J connectivity index is 0.00000288. The fourth-order valence-electron chi connectivity index (χ4n) is 3.07. The molecular formula is C18H29ClN2O3. The lowest BCUT2D eigenvalue weighted by Crippen LogP contribution is -2.52. The molecule has 1 unspecified atom stereocenters. The molecule has 1 atom stereocenters. The van der Waals surface area contributed by atoms with Crippen LogP contribution in [0.2, 0.25) is 0 Å². The molecule has 0 aliphatic carbocycles. The summed E-state index contributed by atoms with van der Waals surface area (Å²) < 4.78 is 10.5. The maximum Gasteiger partial charge on any atom is 0.224 e. The fourth-order valence-corrected chi connectivity index (χ4v) is 3.07. The van der Waals surface area contributed by atoms with E-state index in [1.165, 1.54) is 12.8 Å². The second-order valence-electron chi connectivity index (χ2n) is 6.77. The minimum absolute atomic E-state index is 0. The van der Waals surface area contributed by atoms with Crippen LogP contribution in [0.5, 0.6) is 11.5 Å². The number of methoxy groups -OCH3 is 2. The van der Waals surface area contributed by atoms with Crippen LogP contribution >= 0.6 is 12.4 Å². The van der Waals surface area contributed by atoms with Crippen LogP contribution in [-0.4, -0.2) is 39.3 Å². The zero-order valence-corrected chi connectivity index (χ0v) is 15.8. The number of carbonyl (C=O) groups excluding carboxylic acids is 1. The molecule has 1 aliphatic heterocycles. The summed E-state index contributed by atoms with van der Waals surface area (Å²) in [5, 5.41) is 6.56. The van der Waals surface area contributed by atoms with Gasteiger partial charge in [-0.15, -0.1) is 12.4 Å². The van der Waals surface area contributed by atoms with Crippen LogP contribution in [0.1, 0.15) is 32.3 Å². The molecule has 5 nitrogen and oxygen atoms in total. The highest BCUT2D eigenvalue weighted by Crippen LogP contribution is 2.30. The van der Waals surface area contributed by atoms with Crippen molar-refractivity contribution in [1.82, 2.24) is 10.6 Å². The second-order valence-corrected chi connectivity index (χ2v) is 6.77. The third kappa shape index (κ3) is 5.28. The summed E-state index contributed by atoms with van der Waals surface area (Å²) in [6, 6.07) is 5.89. The van der Waals surface area contributed by atoms with E-state index in [4.69, 9.17) is 9.47 Å². The molecule has 1 saturated heterocycles. The molecule has 0 bridgehead atoms. The van der Waals surface area contributed by atoms with Crippen LogP contribution < -0.4 is 20.1 Å². The van der Waals surface area contributed by atoms with Crippen LogP contribution in [0.15, 0.2) is 18.2 Å². The standard InChI is InChI=1S/C18H28N2O3.ClH/c1-18(2)8-5-9-19-16(18)12-20-17(21)11-13-6-7-14(22-3)15(10-13)23-4;/h6-7,10,16,19H,5,8-9,11-12H2,1-4H3,(H,20,21);1H. The van der Waals surface area contributed by atoms with Gasteiger partial charge in [0.1, 0.15) is 0 Å². The predicted molar refractivity (Wildman–Crippen MR) is 98.3 cm³/mol. The minimum Gasteiger partial charge on any atom is -0.493 e. The first-order valence-electron chi connectivity index (χ1n) is 8.17. The Labute approximate surface area is 150 Å². The van der Waals surface area contributed by atoms with Gasteiger partial charge in [-0.1, -0.05) is 19.9 Å². The Kier molecular flexibility index (Phi) is 7.84. The van der Waals surface area contributed by atoms with Gasteiger partial charge in [0.15, 0.2) is 11.5 Å². The zero-order valence-electron chi connectivity index (χ0n) is 15.0. The summed E-state index contributed by atoms with van der Waals surface area (Å²) in [7, 11) is 3.20. The summed E-state index contributed by atoms with van der Waals surface area (Å²) in [4.78, 5) is 12.2. The number of rotatable bonds is 6. The summed E-state index contributed by atoms with van der Waals surface area (Å²) in [5.74, 6) is 1.35. The lowest BCUT2D eigenvalue weighted by Gasteiger charge is -2.39. The minimum atomic E-state index is 0. The lowest BCUT2D eigenvalue weighted by molar-refractivity contribution is -0.120. The van der Waals surface area contributed by atoms with E-state index in [1.54, 1.807) is 14.2 Å². The van der Waals surface area contributed by atoms with Crippen molar-refractivity contribution < 1.29 is 14.3 Å². The molecule has 0 spiro atoms. The molecule has 136 valence electrons. The fraction of sp³-hybridized carbons (Fsp3) is 0.611. The zero-order chi connectivity index (χ0) is 16.9. The van der Waals surface area contributed by atoms with Gasteiger partial charge in [0.2, 0.25) is 5.91 Å². The van der Waals surface area contributed by atoms with Gasteiger partial charge in [-0.05, 0) is 42.5 Å². The van der Waals surface area contributed by atoms with Crippen molar-refractivity contribution in [3.05, 3.63) is 23.8 Å². The molecule has 1 aliphatic rings. The van der Waals surface area contributed by atoms with Gasteiger partial charge in [-0.2, -0.15) is 0 Å². The van der Waals surface area contributed by atoms with Crippen molar-refractivity contribution in [1.29, 1.82) is 0 Å². The van der Waals surface area contributed by atoms with Gasteiger partial charge in [0, 0.05) is 12.6 Å². The van der Waals surface area contributed by atoms with E-state index in [2.05, 4.69) is 24.5 Å². The summed E-state index contributed by atoms with van der Waals surface area (Å²) >= 11 is 0. The highest BCUT2D eigenvalue weighted by molar-refractivity contribution is 5.85. The smallest absolute Gasteiger partial charge is 0.224 e. The third-order valence-electron chi connectivity index (χ3n) is 4.65. The lowest BCUT2D eigenvalue weighted by atomic mass is 9.77. The molecule has 0 radical (unpaired) electrons. The van der Waals surface area contributed by atoms with Crippen molar-refractivity contribution in [2.75, 3.05) is 27.3 Å². The molecule has 2 N–H and O–H groups in total. The Morgan fingerprint density at radius 2 is 2.00 bits per heavy atom. The molecule has 1 aromatic carbocycles. The summed E-state index contributed by atoms with van der Waals surface area (Å²) in [6.45, 7) is 6.20. The number of piperidine rings is 1. The quantitative estimate of drug-likeness (QED) is 0.822. The van der Waals surface area contributed by atoms with Crippen molar-refractivity contribution in [3.63, 3.8) is 0 Å². The molecule has 1 heterocycles.